The minimum absolute atomic E-state index is 0.0174. The van der Waals surface area contributed by atoms with Crippen molar-refractivity contribution in [2.24, 2.45) is 0 Å². The van der Waals surface area contributed by atoms with Gasteiger partial charge in [0.2, 0.25) is 0 Å². The quantitative estimate of drug-likeness (QED) is 0.224. The molecule has 4 aromatic carbocycles. The number of carbonyl (C=O) groups excluding carboxylic acids is 2. The van der Waals surface area contributed by atoms with Crippen molar-refractivity contribution in [3.63, 3.8) is 0 Å². The number of alkyl carbamates (subject to hydrolysis) is 1. The van der Waals surface area contributed by atoms with Crippen LogP contribution in [0.4, 0.5) is 4.79 Å². The monoisotopic (exact) mass is 551 g/mol. The fourth-order valence-corrected chi connectivity index (χ4v) is 5.18. The van der Waals surface area contributed by atoms with Crippen molar-refractivity contribution in [2.45, 2.75) is 25.3 Å². The summed E-state index contributed by atoms with van der Waals surface area (Å²) in [5, 5.41) is 3.04. The largest absolute Gasteiger partial charge is 0.497 e. The normalized spacial score (nSPS) is 12.6. The van der Waals surface area contributed by atoms with Crippen LogP contribution in [0.15, 0.2) is 91.0 Å². The van der Waals surface area contributed by atoms with E-state index in [1.807, 2.05) is 48.5 Å². The zero-order valence-electron chi connectivity index (χ0n) is 23.4. The number of amides is 1. The average molecular weight is 552 g/mol. The third kappa shape index (κ3) is 6.04. The van der Waals surface area contributed by atoms with Crippen LogP contribution in [-0.2, 0) is 9.53 Å². The summed E-state index contributed by atoms with van der Waals surface area (Å²) in [4.78, 5) is 25.0. The molecule has 0 saturated heterocycles. The van der Waals surface area contributed by atoms with E-state index in [-0.39, 0.29) is 24.9 Å². The van der Waals surface area contributed by atoms with Crippen LogP contribution in [0.3, 0.4) is 0 Å². The molecule has 1 aliphatic carbocycles. The van der Waals surface area contributed by atoms with Crippen molar-refractivity contribution in [1.82, 2.24) is 5.32 Å². The maximum absolute atomic E-state index is 13.3. The maximum Gasteiger partial charge on any atom is 0.407 e. The average Bonchev–Trinajstić information content (AvgIpc) is 3.35. The van der Waals surface area contributed by atoms with Gasteiger partial charge in [0, 0.05) is 24.0 Å². The number of nitrogens with one attached hydrogen (secondary N) is 1. The summed E-state index contributed by atoms with van der Waals surface area (Å²) >= 11 is 0. The van der Waals surface area contributed by atoms with Crippen molar-refractivity contribution < 1.29 is 28.5 Å². The van der Waals surface area contributed by atoms with Gasteiger partial charge in [0.15, 0.2) is 5.78 Å². The highest BCUT2D eigenvalue weighted by Crippen LogP contribution is 2.44. The van der Waals surface area contributed by atoms with E-state index in [2.05, 4.69) is 29.6 Å². The van der Waals surface area contributed by atoms with E-state index in [0.29, 0.717) is 23.7 Å². The first-order valence-corrected chi connectivity index (χ1v) is 13.6. The standard InChI is InChI=1S/C34H33NO6/c1-4-23(36)20-40-24-15-13-22(14-16-24)33(30-18-17-25(38-2)19-32(30)39-3)35-34(37)41-21-31-28-11-7-5-9-26(28)27-10-6-8-12-29(27)31/h5-19,31,33H,4,20-21H2,1-3H3,(H,35,37). The molecule has 1 amide bonds. The Kier molecular flexibility index (Phi) is 8.53. The van der Waals surface area contributed by atoms with E-state index in [0.717, 1.165) is 22.3 Å². The van der Waals surface area contributed by atoms with Crippen molar-refractivity contribution in [2.75, 3.05) is 27.4 Å². The summed E-state index contributed by atoms with van der Waals surface area (Å²) in [7, 11) is 3.16. The predicted molar refractivity (Wildman–Crippen MR) is 157 cm³/mol. The summed E-state index contributed by atoms with van der Waals surface area (Å²) in [5.74, 6) is 1.73. The molecular formula is C34H33NO6. The summed E-state index contributed by atoms with van der Waals surface area (Å²) in [6, 6.07) is 28.6. The molecule has 1 unspecified atom stereocenters. The molecule has 1 atom stereocenters. The molecule has 0 aromatic heterocycles. The summed E-state index contributed by atoms with van der Waals surface area (Å²) in [5.41, 5.74) is 6.15. The number of carbonyl (C=O) groups is 2. The number of rotatable bonds is 11. The number of hydrogen-bond acceptors (Lipinski definition) is 6. The molecule has 0 aliphatic heterocycles. The Morgan fingerprint density at radius 1 is 0.805 bits per heavy atom. The van der Waals surface area contributed by atoms with E-state index in [4.69, 9.17) is 18.9 Å². The van der Waals surface area contributed by atoms with Gasteiger partial charge < -0.3 is 24.3 Å². The molecule has 4 aromatic rings. The number of methoxy groups -OCH3 is 2. The Balaban J connectivity index is 1.37. The first-order valence-electron chi connectivity index (χ1n) is 13.6. The lowest BCUT2D eigenvalue weighted by molar-refractivity contribution is -0.120. The van der Waals surface area contributed by atoms with Crippen LogP contribution in [0, 0.1) is 0 Å². The highest BCUT2D eigenvalue weighted by atomic mass is 16.5. The fourth-order valence-electron chi connectivity index (χ4n) is 5.18. The van der Waals surface area contributed by atoms with Crippen LogP contribution >= 0.6 is 0 Å². The zero-order valence-corrected chi connectivity index (χ0v) is 23.4. The van der Waals surface area contributed by atoms with Gasteiger partial charge in [-0.2, -0.15) is 0 Å². The van der Waals surface area contributed by atoms with E-state index in [1.54, 1.807) is 39.3 Å². The van der Waals surface area contributed by atoms with E-state index < -0.39 is 12.1 Å². The van der Waals surface area contributed by atoms with Gasteiger partial charge in [-0.05, 0) is 52.1 Å². The van der Waals surface area contributed by atoms with Crippen LogP contribution in [0.1, 0.15) is 47.6 Å². The molecule has 0 radical (unpaired) electrons. The van der Waals surface area contributed by atoms with Gasteiger partial charge in [0.05, 0.1) is 20.3 Å². The highest BCUT2D eigenvalue weighted by Gasteiger charge is 2.30. The molecule has 210 valence electrons. The Bertz CT molecular complexity index is 1490. The lowest BCUT2D eigenvalue weighted by Gasteiger charge is -2.23. The second kappa shape index (κ2) is 12.6. The first kappa shape index (κ1) is 27.8. The molecular weight excluding hydrogens is 518 g/mol. The van der Waals surface area contributed by atoms with E-state index in [9.17, 15) is 9.59 Å². The number of fused-ring (bicyclic) bond motifs is 3. The van der Waals surface area contributed by atoms with Crippen LogP contribution in [0.5, 0.6) is 17.2 Å². The Morgan fingerprint density at radius 3 is 2.05 bits per heavy atom. The Labute approximate surface area is 240 Å². The number of ether oxygens (including phenoxy) is 4. The fraction of sp³-hybridized carbons (Fsp3) is 0.235. The van der Waals surface area contributed by atoms with Crippen LogP contribution < -0.4 is 19.5 Å². The van der Waals surface area contributed by atoms with Gasteiger partial charge in [-0.1, -0.05) is 67.6 Å². The van der Waals surface area contributed by atoms with Gasteiger partial charge in [-0.25, -0.2) is 4.79 Å². The molecule has 5 rings (SSSR count). The number of hydrogen-bond donors (Lipinski definition) is 1. The van der Waals surface area contributed by atoms with E-state index in [1.165, 1.54) is 11.1 Å². The second-order valence-electron chi connectivity index (χ2n) is 9.76. The summed E-state index contributed by atoms with van der Waals surface area (Å²) in [6.07, 6.45) is -0.134. The molecule has 1 aliphatic rings. The third-order valence-corrected chi connectivity index (χ3v) is 7.37. The predicted octanol–water partition coefficient (Wildman–Crippen LogP) is 6.69. The smallest absolute Gasteiger partial charge is 0.407 e. The summed E-state index contributed by atoms with van der Waals surface area (Å²) < 4.78 is 22.5. The summed E-state index contributed by atoms with van der Waals surface area (Å²) in [6.45, 7) is 2.02. The molecule has 7 heteroatoms. The second-order valence-corrected chi connectivity index (χ2v) is 9.76. The molecule has 7 nitrogen and oxygen atoms in total. The minimum Gasteiger partial charge on any atom is -0.497 e. The lowest BCUT2D eigenvalue weighted by Crippen LogP contribution is -2.31. The van der Waals surface area contributed by atoms with Crippen molar-refractivity contribution in [3.8, 4) is 28.4 Å². The number of ketones is 1. The first-order chi connectivity index (χ1) is 20.0. The molecule has 0 spiro atoms. The van der Waals surface area contributed by atoms with Crippen molar-refractivity contribution in [3.05, 3.63) is 113 Å². The van der Waals surface area contributed by atoms with Gasteiger partial charge in [-0.15, -0.1) is 0 Å². The van der Waals surface area contributed by atoms with Crippen LogP contribution in [0.25, 0.3) is 11.1 Å². The van der Waals surface area contributed by atoms with E-state index >= 15 is 0 Å². The molecule has 41 heavy (non-hydrogen) atoms. The third-order valence-electron chi connectivity index (χ3n) is 7.37. The van der Waals surface area contributed by atoms with Gasteiger partial charge in [-0.3, -0.25) is 4.79 Å². The molecule has 0 saturated carbocycles. The van der Waals surface area contributed by atoms with Gasteiger partial charge in [0.1, 0.15) is 30.5 Å². The molecule has 0 heterocycles. The molecule has 0 fully saturated rings. The highest BCUT2D eigenvalue weighted by molar-refractivity contribution is 5.80. The lowest BCUT2D eigenvalue weighted by atomic mass is 9.97. The van der Waals surface area contributed by atoms with Crippen molar-refractivity contribution >= 4 is 11.9 Å². The Hall–Kier alpha value is -4.78. The SMILES string of the molecule is CCC(=O)COc1ccc(C(NC(=O)OCC2c3ccccc3-c3ccccc32)c2ccc(OC)cc2OC)cc1. The van der Waals surface area contributed by atoms with Crippen molar-refractivity contribution in [1.29, 1.82) is 0 Å². The maximum atomic E-state index is 13.3. The number of Topliss-reactive ketones (excluding diaryl/α,β-unsaturated/α-hetero) is 1. The zero-order chi connectivity index (χ0) is 28.8. The molecule has 0 bridgehead atoms. The van der Waals surface area contributed by atoms with Gasteiger partial charge >= 0.3 is 6.09 Å². The van der Waals surface area contributed by atoms with Crippen LogP contribution in [-0.4, -0.2) is 39.3 Å². The molecule has 1 N–H and O–H groups in total. The topological polar surface area (TPSA) is 83.1 Å². The Morgan fingerprint density at radius 2 is 1.44 bits per heavy atom. The van der Waals surface area contributed by atoms with Crippen LogP contribution in [0.2, 0.25) is 0 Å². The van der Waals surface area contributed by atoms with Gasteiger partial charge in [0.25, 0.3) is 0 Å². The minimum atomic E-state index is -0.585. The number of benzene rings is 4.